The van der Waals surface area contributed by atoms with Gasteiger partial charge in [0.2, 0.25) is 0 Å². The van der Waals surface area contributed by atoms with Gasteiger partial charge in [-0.05, 0) is 55.8 Å². The molecule has 2 aromatic carbocycles. The molecule has 0 heterocycles. The number of carbonyl (C=O) groups excluding carboxylic acids is 1. The van der Waals surface area contributed by atoms with Gasteiger partial charge in [0.05, 0.1) is 22.7 Å². The predicted octanol–water partition coefficient (Wildman–Crippen LogP) is 3.44. The number of hydrogen-bond acceptors (Lipinski definition) is 5. The molecule has 9 heteroatoms. The lowest BCUT2D eigenvalue weighted by molar-refractivity contribution is -0.123. The van der Waals surface area contributed by atoms with Crippen molar-refractivity contribution in [2.24, 2.45) is 0 Å². The summed E-state index contributed by atoms with van der Waals surface area (Å²) in [6, 6.07) is 10.4. The molecule has 2 rings (SSSR count). The van der Waals surface area contributed by atoms with Crippen molar-refractivity contribution in [1.29, 1.82) is 0 Å². The lowest BCUT2D eigenvalue weighted by Gasteiger charge is -2.13. The van der Waals surface area contributed by atoms with Crippen LogP contribution in [-0.2, 0) is 14.8 Å². The van der Waals surface area contributed by atoms with Crippen LogP contribution in [0.4, 0.5) is 5.69 Å². The second-order valence-corrected chi connectivity index (χ2v) is 8.18. The number of anilines is 1. The van der Waals surface area contributed by atoms with Gasteiger partial charge in [-0.1, -0.05) is 18.5 Å². The molecule has 0 radical (unpaired) electrons. The Balaban J connectivity index is 2.01. The molecule has 7 nitrogen and oxygen atoms in total. The monoisotopic (exact) mass is 426 g/mol. The van der Waals surface area contributed by atoms with E-state index in [9.17, 15) is 13.2 Å². The van der Waals surface area contributed by atoms with Gasteiger partial charge in [0.1, 0.15) is 11.5 Å². The Morgan fingerprint density at radius 1 is 1.18 bits per heavy atom. The number of ether oxygens (including phenoxy) is 2. The van der Waals surface area contributed by atoms with E-state index in [1.807, 2.05) is 13.8 Å². The Kier molecular flexibility index (Phi) is 7.53. The number of sulfonamides is 1. The summed E-state index contributed by atoms with van der Waals surface area (Å²) in [5.74, 6) is 0.610. The number of methoxy groups -OCH3 is 1. The van der Waals surface area contributed by atoms with Crippen LogP contribution in [0.3, 0.4) is 0 Å². The van der Waals surface area contributed by atoms with Crippen LogP contribution in [0, 0.1) is 0 Å². The van der Waals surface area contributed by atoms with Gasteiger partial charge in [-0.25, -0.2) is 8.42 Å². The first-order chi connectivity index (χ1) is 13.2. The summed E-state index contributed by atoms with van der Waals surface area (Å²) in [6.07, 6.45) is 0.824. The number of benzene rings is 2. The minimum atomic E-state index is -3.80. The summed E-state index contributed by atoms with van der Waals surface area (Å²) < 4.78 is 37.9. The normalized spacial score (nSPS) is 12.1. The summed E-state index contributed by atoms with van der Waals surface area (Å²) in [5, 5.41) is 3.08. The van der Waals surface area contributed by atoms with E-state index in [-0.39, 0.29) is 23.5 Å². The average Bonchev–Trinajstić information content (AvgIpc) is 2.66. The quantitative estimate of drug-likeness (QED) is 0.640. The highest BCUT2D eigenvalue weighted by Gasteiger charge is 2.15. The van der Waals surface area contributed by atoms with Gasteiger partial charge in [0, 0.05) is 6.04 Å². The van der Waals surface area contributed by atoms with Gasteiger partial charge in [-0.15, -0.1) is 0 Å². The first-order valence-electron chi connectivity index (χ1n) is 8.63. The molecule has 0 aromatic heterocycles. The van der Waals surface area contributed by atoms with Crippen LogP contribution >= 0.6 is 11.6 Å². The number of nitrogens with one attached hydrogen (secondary N) is 2. The highest BCUT2D eigenvalue weighted by atomic mass is 35.5. The van der Waals surface area contributed by atoms with Crippen LogP contribution in [0.1, 0.15) is 20.3 Å². The summed E-state index contributed by atoms with van der Waals surface area (Å²) in [4.78, 5) is 11.8. The zero-order chi connectivity index (χ0) is 20.7. The molecule has 28 heavy (non-hydrogen) atoms. The zero-order valence-corrected chi connectivity index (χ0v) is 17.4. The van der Waals surface area contributed by atoms with E-state index in [2.05, 4.69) is 10.0 Å². The van der Waals surface area contributed by atoms with Crippen LogP contribution in [0.5, 0.6) is 11.5 Å². The molecule has 0 fully saturated rings. The van der Waals surface area contributed by atoms with Crippen molar-refractivity contribution in [1.82, 2.24) is 5.32 Å². The second-order valence-electron chi connectivity index (χ2n) is 6.09. The average molecular weight is 427 g/mol. The largest absolute Gasteiger partial charge is 0.495 e. The molecule has 0 saturated heterocycles. The van der Waals surface area contributed by atoms with Crippen LogP contribution < -0.4 is 19.5 Å². The van der Waals surface area contributed by atoms with E-state index in [4.69, 9.17) is 21.1 Å². The van der Waals surface area contributed by atoms with Gasteiger partial charge in [-0.3, -0.25) is 9.52 Å². The van der Waals surface area contributed by atoms with Gasteiger partial charge >= 0.3 is 0 Å². The molecule has 0 aliphatic rings. The standard InChI is InChI=1S/C19H23ClN2O5S/c1-4-13(2)21-19(23)12-27-15-6-8-16(9-7-15)28(24,25)22-14-5-10-18(26-3)17(20)11-14/h5-11,13,22H,4,12H2,1-3H3,(H,21,23)/t13-/m0/s1. The SMILES string of the molecule is CC[C@H](C)NC(=O)COc1ccc(S(=O)(=O)Nc2ccc(OC)c(Cl)c2)cc1. The highest BCUT2D eigenvalue weighted by molar-refractivity contribution is 7.92. The molecule has 0 aliphatic carbocycles. The van der Waals surface area contributed by atoms with E-state index in [1.165, 1.54) is 37.4 Å². The maximum Gasteiger partial charge on any atom is 0.261 e. The molecule has 2 N–H and O–H groups in total. The van der Waals surface area contributed by atoms with Crippen LogP contribution in [0.15, 0.2) is 47.4 Å². The smallest absolute Gasteiger partial charge is 0.261 e. The number of hydrogen-bond donors (Lipinski definition) is 2. The van der Waals surface area contributed by atoms with Gasteiger partial charge in [-0.2, -0.15) is 0 Å². The first kappa shape index (κ1) is 21.8. The molecule has 0 unspecified atom stereocenters. The Hall–Kier alpha value is -2.45. The van der Waals surface area contributed by atoms with Crippen molar-refractivity contribution in [2.75, 3.05) is 18.4 Å². The maximum atomic E-state index is 12.5. The van der Waals surface area contributed by atoms with E-state index >= 15 is 0 Å². The van der Waals surface area contributed by atoms with Crippen molar-refractivity contribution in [3.63, 3.8) is 0 Å². The minimum absolute atomic E-state index is 0.0517. The molecule has 1 atom stereocenters. The lowest BCUT2D eigenvalue weighted by atomic mass is 10.2. The summed E-state index contributed by atoms with van der Waals surface area (Å²) >= 11 is 6.02. The molecule has 0 spiro atoms. The zero-order valence-electron chi connectivity index (χ0n) is 15.9. The van der Waals surface area contributed by atoms with E-state index in [1.54, 1.807) is 12.1 Å². The Labute approximate surface area is 170 Å². The van der Waals surface area contributed by atoms with E-state index < -0.39 is 10.0 Å². The summed E-state index contributed by atoms with van der Waals surface area (Å²) in [7, 11) is -2.33. The Morgan fingerprint density at radius 2 is 1.86 bits per heavy atom. The Bertz CT molecular complexity index is 916. The first-order valence-corrected chi connectivity index (χ1v) is 10.5. The molecule has 0 aliphatic heterocycles. The van der Waals surface area contributed by atoms with Crippen LogP contribution in [0.2, 0.25) is 5.02 Å². The van der Waals surface area contributed by atoms with Crippen molar-refractivity contribution in [2.45, 2.75) is 31.2 Å². The lowest BCUT2D eigenvalue weighted by Crippen LogP contribution is -2.35. The molecule has 0 saturated carbocycles. The van der Waals surface area contributed by atoms with Gasteiger partial charge < -0.3 is 14.8 Å². The third-order valence-corrected chi connectivity index (χ3v) is 5.62. The van der Waals surface area contributed by atoms with Crippen molar-refractivity contribution < 1.29 is 22.7 Å². The van der Waals surface area contributed by atoms with Crippen LogP contribution in [-0.4, -0.2) is 34.1 Å². The maximum absolute atomic E-state index is 12.5. The van der Waals surface area contributed by atoms with Gasteiger partial charge in [0.15, 0.2) is 6.61 Å². The predicted molar refractivity (Wildman–Crippen MR) is 109 cm³/mol. The van der Waals surface area contributed by atoms with Crippen molar-refractivity contribution in [3.8, 4) is 11.5 Å². The molecular weight excluding hydrogens is 404 g/mol. The fraction of sp³-hybridized carbons (Fsp3) is 0.316. The van der Waals surface area contributed by atoms with Crippen molar-refractivity contribution >= 4 is 33.2 Å². The Morgan fingerprint density at radius 3 is 2.43 bits per heavy atom. The minimum Gasteiger partial charge on any atom is -0.495 e. The molecule has 1 amide bonds. The topological polar surface area (TPSA) is 93.7 Å². The second kappa shape index (κ2) is 9.66. The third kappa shape index (κ3) is 6.03. The molecule has 0 bridgehead atoms. The third-order valence-electron chi connectivity index (χ3n) is 3.93. The fourth-order valence-corrected chi connectivity index (χ4v) is 3.53. The van der Waals surface area contributed by atoms with Crippen molar-refractivity contribution in [3.05, 3.63) is 47.5 Å². The number of carbonyl (C=O) groups is 1. The highest BCUT2D eigenvalue weighted by Crippen LogP contribution is 2.28. The number of halogens is 1. The summed E-state index contributed by atoms with van der Waals surface area (Å²) in [6.45, 7) is 3.73. The van der Waals surface area contributed by atoms with E-state index in [0.29, 0.717) is 22.2 Å². The van der Waals surface area contributed by atoms with E-state index in [0.717, 1.165) is 6.42 Å². The summed E-state index contributed by atoms with van der Waals surface area (Å²) in [5.41, 5.74) is 0.313. The molecule has 2 aromatic rings. The molecular formula is C19H23ClN2O5S. The molecule has 152 valence electrons. The fourth-order valence-electron chi connectivity index (χ4n) is 2.23. The van der Waals surface area contributed by atoms with Gasteiger partial charge in [0.25, 0.3) is 15.9 Å². The number of amides is 1. The number of rotatable bonds is 9. The van der Waals surface area contributed by atoms with Crippen LogP contribution in [0.25, 0.3) is 0 Å².